The predicted molar refractivity (Wildman–Crippen MR) is 94.9 cm³/mol. The largest absolute Gasteiger partial charge is 0.348 e. The first-order chi connectivity index (χ1) is 10.6. The molecule has 0 unspecified atom stereocenters. The van der Waals surface area contributed by atoms with Crippen LogP contribution in [-0.4, -0.2) is 12.0 Å². The van der Waals surface area contributed by atoms with Crippen LogP contribution in [-0.2, 0) is 0 Å². The fourth-order valence-corrected chi connectivity index (χ4v) is 3.25. The van der Waals surface area contributed by atoms with Crippen LogP contribution in [0.1, 0.15) is 9.67 Å². The van der Waals surface area contributed by atoms with E-state index >= 15 is 0 Å². The molecule has 0 amide bonds. The Hall–Kier alpha value is -1.45. The maximum absolute atomic E-state index is 12.4. The maximum Gasteiger partial charge on any atom is 0.216 e. The third-order valence-corrected chi connectivity index (χ3v) is 5.12. The first-order valence-corrected chi connectivity index (χ1v) is 8.92. The number of hydrogen-bond donors (Lipinski definition) is 1. The van der Waals surface area contributed by atoms with E-state index in [-0.39, 0.29) is 11.4 Å². The molecule has 2 rings (SSSR count). The van der Waals surface area contributed by atoms with Gasteiger partial charge in [-0.15, -0.1) is 23.1 Å². The highest BCUT2D eigenvalue weighted by atomic mass is 35.5. The van der Waals surface area contributed by atoms with Crippen molar-refractivity contribution in [2.75, 3.05) is 11.6 Å². The molecule has 0 atom stereocenters. The van der Waals surface area contributed by atoms with Gasteiger partial charge in [0, 0.05) is 0 Å². The van der Waals surface area contributed by atoms with Crippen LogP contribution < -0.4 is 5.32 Å². The molecule has 0 saturated heterocycles. The number of rotatable bonds is 5. The number of anilines is 1. The van der Waals surface area contributed by atoms with Gasteiger partial charge in [-0.2, -0.15) is 5.26 Å². The molecular weight excluding hydrogens is 359 g/mol. The Morgan fingerprint density at radius 3 is 2.68 bits per heavy atom. The zero-order chi connectivity index (χ0) is 16.1. The van der Waals surface area contributed by atoms with E-state index in [9.17, 15) is 10.1 Å². The molecule has 0 radical (unpaired) electrons. The summed E-state index contributed by atoms with van der Waals surface area (Å²) in [5, 5.41) is 15.4. The number of carbonyl (C=O) groups excluding carboxylic acids is 1. The van der Waals surface area contributed by atoms with Crippen molar-refractivity contribution in [3.8, 4) is 6.07 Å². The van der Waals surface area contributed by atoms with Gasteiger partial charge in [-0.1, -0.05) is 35.3 Å². The lowest BCUT2D eigenvalue weighted by molar-refractivity contribution is 0.104. The zero-order valence-electron chi connectivity index (χ0n) is 11.4. The smallest absolute Gasteiger partial charge is 0.216 e. The summed E-state index contributed by atoms with van der Waals surface area (Å²) in [6.07, 6.45) is 1.78. The van der Waals surface area contributed by atoms with Gasteiger partial charge < -0.3 is 5.32 Å². The van der Waals surface area contributed by atoms with Crippen molar-refractivity contribution in [1.82, 2.24) is 0 Å². The second-order valence-corrected chi connectivity index (χ2v) is 6.60. The highest BCUT2D eigenvalue weighted by molar-refractivity contribution is 8.02. The minimum Gasteiger partial charge on any atom is -0.348 e. The standard InChI is InChI=1S/C15H10Cl2N2OS2/c1-21-15(19-11-5-2-4-10(16)13(11)17)9(8-18)14(20)12-6-3-7-22-12/h2-7,19H,1H3/b15-9-. The number of carbonyl (C=O) groups is 1. The number of ketones is 1. The molecular formula is C15H10Cl2N2OS2. The van der Waals surface area contributed by atoms with E-state index in [1.54, 1.807) is 42.0 Å². The average Bonchev–Trinajstić information content (AvgIpc) is 3.05. The van der Waals surface area contributed by atoms with Gasteiger partial charge >= 0.3 is 0 Å². The van der Waals surface area contributed by atoms with Crippen LogP contribution in [0.2, 0.25) is 10.0 Å². The number of Topliss-reactive ketones (excluding diaryl/α,β-unsaturated/α-hetero) is 1. The summed E-state index contributed by atoms with van der Waals surface area (Å²) in [6, 6.07) is 10.6. The average molecular weight is 369 g/mol. The van der Waals surface area contributed by atoms with Crippen LogP contribution in [0.15, 0.2) is 46.3 Å². The van der Waals surface area contributed by atoms with Gasteiger partial charge in [-0.3, -0.25) is 4.79 Å². The molecule has 7 heteroatoms. The minimum absolute atomic E-state index is 0.0472. The molecule has 112 valence electrons. The van der Waals surface area contributed by atoms with E-state index in [0.29, 0.717) is 25.6 Å². The summed E-state index contributed by atoms with van der Waals surface area (Å²) in [6.45, 7) is 0. The van der Waals surface area contributed by atoms with Gasteiger partial charge in [0.05, 0.1) is 25.6 Å². The normalized spacial score (nSPS) is 11.5. The molecule has 1 aromatic heterocycles. The first-order valence-electron chi connectivity index (χ1n) is 6.06. The number of nitriles is 1. The molecule has 0 aliphatic rings. The molecule has 0 aliphatic carbocycles. The van der Waals surface area contributed by atoms with Crippen molar-refractivity contribution in [3.63, 3.8) is 0 Å². The summed E-state index contributed by atoms with van der Waals surface area (Å²) in [4.78, 5) is 12.9. The van der Waals surface area contributed by atoms with E-state index in [2.05, 4.69) is 5.32 Å². The van der Waals surface area contributed by atoms with Gasteiger partial charge in [-0.05, 0) is 29.8 Å². The second kappa shape index (κ2) is 7.70. The van der Waals surface area contributed by atoms with Gasteiger partial charge in [0.15, 0.2) is 0 Å². The molecule has 0 aliphatic heterocycles. The van der Waals surface area contributed by atoms with Crippen LogP contribution in [0.5, 0.6) is 0 Å². The fraction of sp³-hybridized carbons (Fsp3) is 0.0667. The fourth-order valence-electron chi connectivity index (χ4n) is 1.67. The molecule has 3 nitrogen and oxygen atoms in total. The number of nitrogens with zero attached hydrogens (tertiary/aromatic N) is 1. The number of hydrogen-bond acceptors (Lipinski definition) is 5. The number of nitrogens with one attached hydrogen (secondary N) is 1. The lowest BCUT2D eigenvalue weighted by atomic mass is 10.1. The summed E-state index contributed by atoms with van der Waals surface area (Å²) < 4.78 is 0. The van der Waals surface area contributed by atoms with Crippen molar-refractivity contribution in [2.45, 2.75) is 0 Å². The second-order valence-electron chi connectivity index (χ2n) is 4.05. The molecule has 0 spiro atoms. The SMILES string of the molecule is CS/C(Nc1cccc(Cl)c1Cl)=C(/C#N)C(=O)c1cccs1. The third-order valence-electron chi connectivity index (χ3n) is 2.71. The van der Waals surface area contributed by atoms with E-state index in [4.69, 9.17) is 23.2 Å². The van der Waals surface area contributed by atoms with Crippen molar-refractivity contribution in [3.05, 3.63) is 61.2 Å². The number of thioether (sulfide) groups is 1. The Bertz CT molecular complexity index is 764. The van der Waals surface area contributed by atoms with Crippen LogP contribution in [0.3, 0.4) is 0 Å². The first kappa shape index (κ1) is 16.9. The van der Waals surface area contributed by atoms with Crippen LogP contribution >= 0.6 is 46.3 Å². The number of allylic oxidation sites excluding steroid dienone is 1. The van der Waals surface area contributed by atoms with E-state index < -0.39 is 0 Å². The third kappa shape index (κ3) is 3.65. The van der Waals surface area contributed by atoms with Crippen molar-refractivity contribution < 1.29 is 4.79 Å². The summed E-state index contributed by atoms with van der Waals surface area (Å²) in [5.41, 5.74) is 0.594. The monoisotopic (exact) mass is 368 g/mol. The molecule has 0 saturated carbocycles. The number of thiophene rings is 1. The van der Waals surface area contributed by atoms with E-state index in [1.165, 1.54) is 23.1 Å². The van der Waals surface area contributed by atoms with Gasteiger partial charge in [0.2, 0.25) is 5.78 Å². The van der Waals surface area contributed by atoms with Crippen molar-refractivity contribution in [2.24, 2.45) is 0 Å². The molecule has 1 aromatic carbocycles. The van der Waals surface area contributed by atoms with Crippen LogP contribution in [0.4, 0.5) is 5.69 Å². The quantitative estimate of drug-likeness (QED) is 0.433. The van der Waals surface area contributed by atoms with Gasteiger partial charge in [-0.25, -0.2) is 0 Å². The maximum atomic E-state index is 12.4. The summed E-state index contributed by atoms with van der Waals surface area (Å²) in [5.74, 6) is -0.312. The Morgan fingerprint density at radius 2 is 2.09 bits per heavy atom. The van der Waals surface area contributed by atoms with Gasteiger partial charge in [0.1, 0.15) is 11.6 Å². The summed E-state index contributed by atoms with van der Waals surface area (Å²) in [7, 11) is 0. The molecule has 2 aromatic rings. The van der Waals surface area contributed by atoms with E-state index in [1.807, 2.05) is 6.07 Å². The lowest BCUT2D eigenvalue weighted by Crippen LogP contribution is -2.08. The summed E-state index contributed by atoms with van der Waals surface area (Å²) >= 11 is 14.7. The highest BCUT2D eigenvalue weighted by Gasteiger charge is 2.19. The Morgan fingerprint density at radius 1 is 1.32 bits per heavy atom. The Kier molecular flexibility index (Phi) is 5.92. The number of benzene rings is 1. The predicted octanol–water partition coefficient (Wildman–Crippen LogP) is 5.45. The zero-order valence-corrected chi connectivity index (χ0v) is 14.5. The lowest BCUT2D eigenvalue weighted by Gasteiger charge is -2.12. The molecule has 22 heavy (non-hydrogen) atoms. The molecule has 1 heterocycles. The Balaban J connectivity index is 2.41. The van der Waals surface area contributed by atoms with Crippen LogP contribution in [0, 0.1) is 11.3 Å². The molecule has 1 N–H and O–H groups in total. The van der Waals surface area contributed by atoms with Gasteiger partial charge in [0.25, 0.3) is 0 Å². The minimum atomic E-state index is -0.312. The number of halogens is 2. The molecule has 0 fully saturated rings. The van der Waals surface area contributed by atoms with Crippen molar-refractivity contribution >= 4 is 57.8 Å². The molecule has 0 bridgehead atoms. The highest BCUT2D eigenvalue weighted by Crippen LogP contribution is 2.33. The topological polar surface area (TPSA) is 52.9 Å². The Labute approximate surface area is 146 Å². The van der Waals surface area contributed by atoms with E-state index in [0.717, 1.165) is 0 Å². The van der Waals surface area contributed by atoms with Crippen molar-refractivity contribution in [1.29, 1.82) is 5.26 Å². The van der Waals surface area contributed by atoms with Crippen LogP contribution in [0.25, 0.3) is 0 Å².